The molecule has 5 heteroatoms. The van der Waals surface area contributed by atoms with E-state index in [1.54, 1.807) is 36.2 Å². The average Bonchev–Trinajstić information content (AvgIpc) is 2.46. The van der Waals surface area contributed by atoms with Crippen LogP contribution >= 0.6 is 0 Å². The van der Waals surface area contributed by atoms with Gasteiger partial charge in [0, 0.05) is 12.7 Å². The first kappa shape index (κ1) is 13.6. The van der Waals surface area contributed by atoms with E-state index in [1.165, 1.54) is 12.1 Å². The van der Waals surface area contributed by atoms with E-state index in [-0.39, 0.29) is 11.3 Å². The van der Waals surface area contributed by atoms with Crippen LogP contribution in [-0.4, -0.2) is 18.1 Å². The number of halogens is 1. The van der Waals surface area contributed by atoms with Crippen LogP contribution in [0.2, 0.25) is 0 Å². The second kappa shape index (κ2) is 5.41. The predicted molar refractivity (Wildman–Crippen MR) is 72.6 cm³/mol. The highest BCUT2D eigenvalue weighted by molar-refractivity contribution is 5.95. The van der Waals surface area contributed by atoms with Crippen molar-refractivity contribution in [2.24, 2.45) is 0 Å². The zero-order chi connectivity index (χ0) is 14.7. The zero-order valence-electron chi connectivity index (χ0n) is 10.7. The Morgan fingerprint density at radius 1 is 1.25 bits per heavy atom. The lowest BCUT2D eigenvalue weighted by atomic mass is 10.1. The molecular formula is C15H11FN2O2. The molecule has 0 bridgehead atoms. The van der Waals surface area contributed by atoms with Crippen molar-refractivity contribution in [3.05, 3.63) is 59.4 Å². The van der Waals surface area contributed by atoms with E-state index in [0.717, 1.165) is 6.07 Å². The van der Waals surface area contributed by atoms with Crippen LogP contribution in [0.15, 0.2) is 42.5 Å². The molecule has 2 aromatic carbocycles. The Hall–Kier alpha value is -2.87. The number of anilines is 2. The van der Waals surface area contributed by atoms with Crippen LogP contribution in [0, 0.1) is 17.1 Å². The highest BCUT2D eigenvalue weighted by Gasteiger charge is 2.19. The lowest BCUT2D eigenvalue weighted by Crippen LogP contribution is -2.15. The predicted octanol–water partition coefficient (Wildman–Crippen LogP) is 3.16. The summed E-state index contributed by atoms with van der Waals surface area (Å²) < 4.78 is 13.6. The summed E-state index contributed by atoms with van der Waals surface area (Å²) >= 11 is 0. The Kier molecular flexibility index (Phi) is 3.67. The Morgan fingerprint density at radius 3 is 2.45 bits per heavy atom. The smallest absolute Gasteiger partial charge is 0.340 e. The second-order valence-electron chi connectivity index (χ2n) is 4.16. The van der Waals surface area contributed by atoms with Gasteiger partial charge >= 0.3 is 5.97 Å². The van der Waals surface area contributed by atoms with Gasteiger partial charge in [-0.15, -0.1) is 0 Å². The number of carboxylic acids is 1. The lowest BCUT2D eigenvalue weighted by Gasteiger charge is -2.21. The van der Waals surface area contributed by atoms with Gasteiger partial charge in [-0.25, -0.2) is 9.18 Å². The van der Waals surface area contributed by atoms with E-state index >= 15 is 0 Å². The van der Waals surface area contributed by atoms with Crippen molar-refractivity contribution >= 4 is 17.3 Å². The molecular weight excluding hydrogens is 259 g/mol. The molecule has 4 nitrogen and oxygen atoms in total. The fourth-order valence-corrected chi connectivity index (χ4v) is 1.90. The lowest BCUT2D eigenvalue weighted by molar-refractivity contribution is 0.0693. The Balaban J connectivity index is 2.48. The van der Waals surface area contributed by atoms with E-state index in [2.05, 4.69) is 0 Å². The first-order chi connectivity index (χ1) is 9.54. The van der Waals surface area contributed by atoms with E-state index in [9.17, 15) is 9.18 Å². The number of nitriles is 1. The first-order valence-electron chi connectivity index (χ1n) is 5.80. The summed E-state index contributed by atoms with van der Waals surface area (Å²) in [7, 11) is 1.64. The van der Waals surface area contributed by atoms with Gasteiger partial charge in [-0.05, 0) is 36.4 Å². The largest absolute Gasteiger partial charge is 0.478 e. The number of carboxylic acid groups (broad SMARTS) is 1. The molecule has 2 aromatic rings. The molecule has 0 heterocycles. The number of hydrogen-bond donors (Lipinski definition) is 1. The summed E-state index contributed by atoms with van der Waals surface area (Å²) in [4.78, 5) is 12.7. The van der Waals surface area contributed by atoms with Crippen LogP contribution < -0.4 is 4.90 Å². The highest BCUT2D eigenvalue weighted by atomic mass is 19.1. The van der Waals surface area contributed by atoms with Crippen molar-refractivity contribution in [1.82, 2.24) is 0 Å². The highest BCUT2D eigenvalue weighted by Crippen LogP contribution is 2.28. The molecule has 0 fully saturated rings. The SMILES string of the molecule is CN(c1ccc(C#N)cc1)c1cccc(F)c1C(=O)O. The number of hydrogen-bond acceptors (Lipinski definition) is 3. The van der Waals surface area contributed by atoms with Crippen LogP contribution in [0.25, 0.3) is 0 Å². The molecule has 0 aliphatic rings. The second-order valence-corrected chi connectivity index (χ2v) is 4.16. The van der Waals surface area contributed by atoms with Gasteiger partial charge < -0.3 is 10.0 Å². The van der Waals surface area contributed by atoms with Gasteiger partial charge in [0.15, 0.2) is 0 Å². The third-order valence-corrected chi connectivity index (χ3v) is 2.95. The number of carbonyl (C=O) groups is 1. The van der Waals surface area contributed by atoms with E-state index < -0.39 is 11.8 Å². The summed E-state index contributed by atoms with van der Waals surface area (Å²) in [6.45, 7) is 0. The molecule has 0 saturated heterocycles. The molecule has 0 radical (unpaired) electrons. The van der Waals surface area contributed by atoms with Crippen LogP contribution in [0.3, 0.4) is 0 Å². The summed E-state index contributed by atoms with van der Waals surface area (Å²) in [6, 6.07) is 12.7. The maximum atomic E-state index is 13.6. The minimum absolute atomic E-state index is 0.252. The molecule has 0 aliphatic carbocycles. The average molecular weight is 270 g/mol. The van der Waals surface area contributed by atoms with Crippen molar-refractivity contribution in [3.8, 4) is 6.07 Å². The molecule has 0 amide bonds. The quantitative estimate of drug-likeness (QED) is 0.930. The van der Waals surface area contributed by atoms with Crippen molar-refractivity contribution in [3.63, 3.8) is 0 Å². The van der Waals surface area contributed by atoms with Crippen molar-refractivity contribution in [1.29, 1.82) is 5.26 Å². The van der Waals surface area contributed by atoms with Gasteiger partial charge in [0.2, 0.25) is 0 Å². The monoisotopic (exact) mass is 270 g/mol. The van der Waals surface area contributed by atoms with Gasteiger partial charge in [-0.2, -0.15) is 5.26 Å². The fraction of sp³-hybridized carbons (Fsp3) is 0.0667. The maximum absolute atomic E-state index is 13.6. The Morgan fingerprint density at radius 2 is 1.90 bits per heavy atom. The number of rotatable bonds is 3. The van der Waals surface area contributed by atoms with Gasteiger partial charge in [0.05, 0.1) is 17.3 Å². The molecule has 0 aromatic heterocycles. The normalized spacial score (nSPS) is 9.85. The van der Waals surface area contributed by atoms with Crippen molar-refractivity contribution < 1.29 is 14.3 Å². The van der Waals surface area contributed by atoms with Crippen LogP contribution in [0.5, 0.6) is 0 Å². The molecule has 0 atom stereocenters. The molecule has 0 saturated carbocycles. The summed E-state index contributed by atoms with van der Waals surface area (Å²) in [6.07, 6.45) is 0. The number of nitrogens with zero attached hydrogens (tertiary/aromatic N) is 2. The van der Waals surface area contributed by atoms with Gasteiger partial charge in [0.25, 0.3) is 0 Å². The molecule has 0 spiro atoms. The van der Waals surface area contributed by atoms with Crippen LogP contribution in [0.1, 0.15) is 15.9 Å². The molecule has 100 valence electrons. The molecule has 0 unspecified atom stereocenters. The van der Waals surface area contributed by atoms with Gasteiger partial charge in [-0.1, -0.05) is 6.07 Å². The summed E-state index contributed by atoms with van der Waals surface area (Å²) in [5.74, 6) is -2.10. The standard InChI is InChI=1S/C15H11FN2O2/c1-18(11-7-5-10(9-17)6-8-11)13-4-2-3-12(16)14(13)15(19)20/h2-8H,1H3,(H,19,20). The number of benzene rings is 2. The third-order valence-electron chi connectivity index (χ3n) is 2.95. The minimum atomic E-state index is -1.32. The van der Waals surface area contributed by atoms with Crippen molar-refractivity contribution in [2.45, 2.75) is 0 Å². The van der Waals surface area contributed by atoms with E-state index in [0.29, 0.717) is 11.3 Å². The molecule has 2 rings (SSSR count). The molecule has 1 N–H and O–H groups in total. The van der Waals surface area contributed by atoms with Crippen LogP contribution in [-0.2, 0) is 0 Å². The molecule has 0 aliphatic heterocycles. The summed E-state index contributed by atoms with van der Waals surface area (Å²) in [5.41, 5.74) is 1.04. The number of aromatic carboxylic acids is 1. The van der Waals surface area contributed by atoms with Crippen molar-refractivity contribution in [2.75, 3.05) is 11.9 Å². The minimum Gasteiger partial charge on any atom is -0.478 e. The Bertz CT molecular complexity index is 690. The maximum Gasteiger partial charge on any atom is 0.340 e. The van der Waals surface area contributed by atoms with Gasteiger partial charge in [0.1, 0.15) is 11.4 Å². The van der Waals surface area contributed by atoms with E-state index in [4.69, 9.17) is 10.4 Å². The van der Waals surface area contributed by atoms with Gasteiger partial charge in [-0.3, -0.25) is 0 Å². The Labute approximate surface area is 115 Å². The fourth-order valence-electron chi connectivity index (χ4n) is 1.90. The van der Waals surface area contributed by atoms with Crippen LogP contribution in [0.4, 0.5) is 15.8 Å². The zero-order valence-corrected chi connectivity index (χ0v) is 10.7. The molecule has 20 heavy (non-hydrogen) atoms. The first-order valence-corrected chi connectivity index (χ1v) is 5.80. The topological polar surface area (TPSA) is 64.3 Å². The van der Waals surface area contributed by atoms with E-state index in [1.807, 2.05) is 6.07 Å². The summed E-state index contributed by atoms with van der Waals surface area (Å²) in [5, 5.41) is 17.9. The third kappa shape index (κ3) is 2.45.